The largest absolute Gasteiger partial charge is 0.468 e. The highest BCUT2D eigenvalue weighted by Gasteiger charge is 2.22. The summed E-state index contributed by atoms with van der Waals surface area (Å²) in [5.74, 6) is 0.793. The maximum atomic E-state index is 12.8. The van der Waals surface area contributed by atoms with E-state index in [0.29, 0.717) is 18.7 Å². The van der Waals surface area contributed by atoms with Gasteiger partial charge in [0.25, 0.3) is 0 Å². The van der Waals surface area contributed by atoms with Gasteiger partial charge in [-0.05, 0) is 37.3 Å². The van der Waals surface area contributed by atoms with Crippen molar-refractivity contribution in [1.29, 1.82) is 0 Å². The zero-order valence-corrected chi connectivity index (χ0v) is 14.1. The molecule has 3 rings (SSSR count). The molecular weight excluding hydrogens is 324 g/mol. The lowest BCUT2D eigenvalue weighted by molar-refractivity contribution is 0.481. The second-order valence-electron chi connectivity index (χ2n) is 5.47. The molecule has 0 atom stereocenters. The molecule has 0 aliphatic heterocycles. The number of benzene rings is 1. The van der Waals surface area contributed by atoms with E-state index in [2.05, 4.69) is 10.3 Å². The Morgan fingerprint density at radius 3 is 2.54 bits per heavy atom. The Kier molecular flexibility index (Phi) is 4.78. The van der Waals surface area contributed by atoms with E-state index < -0.39 is 9.84 Å². The summed E-state index contributed by atoms with van der Waals surface area (Å²) < 4.78 is 31.0. The Hall–Kier alpha value is -2.44. The topological polar surface area (TPSA) is 72.2 Å². The number of rotatable bonds is 6. The van der Waals surface area contributed by atoms with Crippen molar-refractivity contribution in [3.05, 3.63) is 77.9 Å². The molecular formula is C18H18N2O3S. The van der Waals surface area contributed by atoms with Crippen molar-refractivity contribution in [2.24, 2.45) is 0 Å². The monoisotopic (exact) mass is 342 g/mol. The molecule has 0 spiro atoms. The van der Waals surface area contributed by atoms with E-state index in [-0.39, 0.29) is 9.92 Å². The van der Waals surface area contributed by atoms with Gasteiger partial charge in [0.1, 0.15) is 5.76 Å². The fraction of sp³-hybridized carbons (Fsp3) is 0.167. The third-order valence-electron chi connectivity index (χ3n) is 3.63. The molecule has 2 aromatic heterocycles. The van der Waals surface area contributed by atoms with E-state index in [1.54, 1.807) is 42.7 Å². The summed E-state index contributed by atoms with van der Waals surface area (Å²) in [6.07, 6.45) is 3.10. The van der Waals surface area contributed by atoms with Crippen LogP contribution < -0.4 is 5.32 Å². The first-order valence-electron chi connectivity index (χ1n) is 7.56. The molecule has 1 N–H and O–H groups in total. The summed E-state index contributed by atoms with van der Waals surface area (Å²) >= 11 is 0. The lowest BCUT2D eigenvalue weighted by Gasteiger charge is -2.10. The van der Waals surface area contributed by atoms with Crippen molar-refractivity contribution in [2.75, 3.05) is 0 Å². The number of sulfone groups is 1. The molecule has 0 aliphatic carbocycles. The van der Waals surface area contributed by atoms with Gasteiger partial charge in [-0.1, -0.05) is 23.8 Å². The molecule has 0 saturated carbocycles. The quantitative estimate of drug-likeness (QED) is 0.745. The highest BCUT2D eigenvalue weighted by atomic mass is 32.2. The Balaban J connectivity index is 1.84. The van der Waals surface area contributed by atoms with Crippen LogP contribution in [0.1, 0.15) is 16.9 Å². The Labute approximate surface area is 141 Å². The molecule has 0 aliphatic rings. The van der Waals surface area contributed by atoms with Gasteiger partial charge in [-0.25, -0.2) is 13.4 Å². The Morgan fingerprint density at radius 2 is 1.83 bits per heavy atom. The van der Waals surface area contributed by atoms with Crippen LogP contribution in [-0.2, 0) is 22.9 Å². The van der Waals surface area contributed by atoms with E-state index >= 15 is 0 Å². The maximum Gasteiger partial charge on any atom is 0.224 e. The smallest absolute Gasteiger partial charge is 0.224 e. The number of hydrogen-bond donors (Lipinski definition) is 1. The first kappa shape index (κ1) is 16.4. The molecule has 24 heavy (non-hydrogen) atoms. The number of aryl methyl sites for hydroxylation is 1. The molecule has 0 amide bonds. The summed E-state index contributed by atoms with van der Waals surface area (Å²) in [6.45, 7) is 2.82. The number of nitrogens with one attached hydrogen (secondary N) is 1. The standard InChI is InChI=1S/C18H18N2O3S/c1-14-6-8-17(9-7-14)24(21,22)18-15(4-2-10-20-18)12-19-13-16-5-3-11-23-16/h2-11,19H,12-13H2,1H3. The average molecular weight is 342 g/mol. The second kappa shape index (κ2) is 6.98. The summed E-state index contributed by atoms with van der Waals surface area (Å²) in [5, 5.41) is 3.26. The molecule has 0 radical (unpaired) electrons. The SMILES string of the molecule is Cc1ccc(S(=O)(=O)c2ncccc2CNCc2ccco2)cc1. The maximum absolute atomic E-state index is 12.8. The minimum atomic E-state index is -3.65. The third kappa shape index (κ3) is 3.55. The zero-order valence-electron chi connectivity index (χ0n) is 13.3. The van der Waals surface area contributed by atoms with E-state index in [0.717, 1.165) is 11.3 Å². The zero-order chi connectivity index (χ0) is 17.0. The first-order chi connectivity index (χ1) is 11.6. The van der Waals surface area contributed by atoms with Crippen molar-refractivity contribution < 1.29 is 12.8 Å². The van der Waals surface area contributed by atoms with Gasteiger partial charge in [-0.15, -0.1) is 0 Å². The van der Waals surface area contributed by atoms with Crippen molar-refractivity contribution in [2.45, 2.75) is 29.9 Å². The van der Waals surface area contributed by atoms with Crippen LogP contribution in [0.3, 0.4) is 0 Å². The van der Waals surface area contributed by atoms with E-state index in [4.69, 9.17) is 4.42 Å². The van der Waals surface area contributed by atoms with Gasteiger partial charge in [0, 0.05) is 18.3 Å². The van der Waals surface area contributed by atoms with Crippen LogP contribution in [0.25, 0.3) is 0 Å². The fourth-order valence-corrected chi connectivity index (χ4v) is 3.77. The van der Waals surface area contributed by atoms with Crippen LogP contribution in [0.5, 0.6) is 0 Å². The molecule has 6 heteroatoms. The number of nitrogens with zero attached hydrogens (tertiary/aromatic N) is 1. The molecule has 2 heterocycles. The third-order valence-corrected chi connectivity index (χ3v) is 5.40. The molecule has 5 nitrogen and oxygen atoms in total. The van der Waals surface area contributed by atoms with Crippen LogP contribution >= 0.6 is 0 Å². The van der Waals surface area contributed by atoms with Gasteiger partial charge in [0.2, 0.25) is 9.84 Å². The van der Waals surface area contributed by atoms with Crippen molar-refractivity contribution in [1.82, 2.24) is 10.3 Å². The molecule has 0 unspecified atom stereocenters. The van der Waals surface area contributed by atoms with Gasteiger partial charge < -0.3 is 9.73 Å². The molecule has 0 fully saturated rings. The summed E-state index contributed by atoms with van der Waals surface area (Å²) in [5.41, 5.74) is 1.64. The van der Waals surface area contributed by atoms with Crippen molar-refractivity contribution in [3.63, 3.8) is 0 Å². The van der Waals surface area contributed by atoms with E-state index in [9.17, 15) is 8.42 Å². The Bertz CT molecular complexity index is 902. The number of aromatic nitrogens is 1. The van der Waals surface area contributed by atoms with Crippen molar-refractivity contribution in [3.8, 4) is 0 Å². The van der Waals surface area contributed by atoms with Crippen LogP contribution in [0.4, 0.5) is 0 Å². The molecule has 0 bridgehead atoms. The van der Waals surface area contributed by atoms with Crippen LogP contribution in [0.2, 0.25) is 0 Å². The Morgan fingerprint density at radius 1 is 1.04 bits per heavy atom. The van der Waals surface area contributed by atoms with Crippen LogP contribution in [0, 0.1) is 6.92 Å². The second-order valence-corrected chi connectivity index (χ2v) is 7.33. The first-order valence-corrected chi connectivity index (χ1v) is 9.04. The molecule has 1 aromatic carbocycles. The molecule has 0 saturated heterocycles. The van der Waals surface area contributed by atoms with Gasteiger partial charge in [-0.3, -0.25) is 0 Å². The average Bonchev–Trinajstić information content (AvgIpc) is 3.09. The normalized spacial score (nSPS) is 11.5. The molecule has 3 aromatic rings. The minimum absolute atomic E-state index is 0.0841. The lowest BCUT2D eigenvalue weighted by Crippen LogP contribution is -2.16. The van der Waals surface area contributed by atoms with Gasteiger partial charge in [0.15, 0.2) is 5.03 Å². The van der Waals surface area contributed by atoms with Crippen LogP contribution in [0.15, 0.2) is 75.3 Å². The molecule has 124 valence electrons. The van der Waals surface area contributed by atoms with Gasteiger partial charge in [-0.2, -0.15) is 0 Å². The predicted molar refractivity (Wildman–Crippen MR) is 90.1 cm³/mol. The fourth-order valence-electron chi connectivity index (χ4n) is 2.36. The van der Waals surface area contributed by atoms with E-state index in [1.165, 1.54) is 6.20 Å². The highest BCUT2D eigenvalue weighted by molar-refractivity contribution is 7.91. The summed E-state index contributed by atoms with van der Waals surface area (Å²) in [6, 6.07) is 14.0. The van der Waals surface area contributed by atoms with E-state index in [1.807, 2.05) is 19.1 Å². The van der Waals surface area contributed by atoms with Gasteiger partial charge >= 0.3 is 0 Å². The summed E-state index contributed by atoms with van der Waals surface area (Å²) in [4.78, 5) is 4.36. The number of pyridine rings is 1. The summed E-state index contributed by atoms with van der Waals surface area (Å²) in [7, 11) is -3.65. The van der Waals surface area contributed by atoms with Gasteiger partial charge in [0.05, 0.1) is 17.7 Å². The number of furan rings is 1. The van der Waals surface area contributed by atoms with Crippen molar-refractivity contribution >= 4 is 9.84 Å². The number of hydrogen-bond acceptors (Lipinski definition) is 5. The minimum Gasteiger partial charge on any atom is -0.468 e. The van der Waals surface area contributed by atoms with Crippen LogP contribution in [-0.4, -0.2) is 13.4 Å². The highest BCUT2D eigenvalue weighted by Crippen LogP contribution is 2.22. The predicted octanol–water partition coefficient (Wildman–Crippen LogP) is 3.11. The lowest BCUT2D eigenvalue weighted by atomic mass is 10.2.